The van der Waals surface area contributed by atoms with Gasteiger partial charge in [0.05, 0.1) is 26.2 Å². The predicted octanol–water partition coefficient (Wildman–Crippen LogP) is 17.9. The van der Waals surface area contributed by atoms with Crippen LogP contribution in [0.3, 0.4) is 0 Å². The van der Waals surface area contributed by atoms with Crippen molar-refractivity contribution < 1.29 is 4.48 Å². The van der Waals surface area contributed by atoms with Gasteiger partial charge in [0, 0.05) is 0 Å². The first-order valence-corrected chi connectivity index (χ1v) is 24.6. The molecule has 0 aliphatic rings. The Hall–Kier alpha value is -0.0400. The molecule has 0 saturated heterocycles. The van der Waals surface area contributed by atoms with Crippen LogP contribution in [-0.4, -0.2) is 30.7 Å². The largest absolute Gasteiger partial charge is 0.324 e. The smallest absolute Gasteiger partial charge is 0.0786 e. The van der Waals surface area contributed by atoms with Crippen molar-refractivity contribution in [3.8, 4) is 0 Å². The highest BCUT2D eigenvalue weighted by Gasteiger charge is 2.25. The van der Waals surface area contributed by atoms with Crippen LogP contribution in [0.5, 0.6) is 0 Å². The first-order chi connectivity index (χ1) is 24.7. The summed E-state index contributed by atoms with van der Waals surface area (Å²) >= 11 is 0. The molecule has 0 aromatic heterocycles. The second-order valence-corrected chi connectivity index (χ2v) is 17.3. The molecular formula is C49H102N+. The van der Waals surface area contributed by atoms with Gasteiger partial charge in [-0.1, -0.05) is 240 Å². The van der Waals surface area contributed by atoms with Gasteiger partial charge in [0.2, 0.25) is 0 Å². The molecule has 0 saturated carbocycles. The Morgan fingerprint density at radius 3 is 0.420 bits per heavy atom. The highest BCUT2D eigenvalue weighted by molar-refractivity contribution is 4.56. The van der Waals surface area contributed by atoms with Gasteiger partial charge in [0.1, 0.15) is 0 Å². The minimum absolute atomic E-state index is 1.37. The van der Waals surface area contributed by atoms with E-state index in [0.29, 0.717) is 0 Å². The van der Waals surface area contributed by atoms with Crippen molar-refractivity contribution >= 4 is 0 Å². The van der Waals surface area contributed by atoms with Gasteiger partial charge in [0.15, 0.2) is 0 Å². The Morgan fingerprint density at radius 1 is 0.160 bits per heavy atom. The lowest BCUT2D eigenvalue weighted by molar-refractivity contribution is -0.929. The van der Waals surface area contributed by atoms with E-state index in [2.05, 4.69) is 27.7 Å². The second-order valence-electron chi connectivity index (χ2n) is 17.3. The minimum Gasteiger partial charge on any atom is -0.324 e. The zero-order valence-corrected chi connectivity index (χ0v) is 36.3. The summed E-state index contributed by atoms with van der Waals surface area (Å²) in [6.45, 7) is 15.3. The van der Waals surface area contributed by atoms with Crippen LogP contribution in [0.25, 0.3) is 0 Å². The summed E-state index contributed by atoms with van der Waals surface area (Å²) in [6, 6.07) is 0. The number of unbranched alkanes of at least 4 members (excludes halogenated alkanes) is 37. The second kappa shape index (κ2) is 43.4. The first-order valence-electron chi connectivity index (χ1n) is 24.6. The molecule has 0 fully saturated rings. The van der Waals surface area contributed by atoms with Crippen molar-refractivity contribution in [1.29, 1.82) is 0 Å². The van der Waals surface area contributed by atoms with Gasteiger partial charge in [-0.2, -0.15) is 0 Å². The standard InChI is InChI=1S/C49H102N/c1-5-9-13-17-20-23-26-29-32-35-39-43-47-50(46-42-38-16-12-8-4,48-44-40-36-33-30-27-24-21-18-14-10-6-2)49-45-41-37-34-31-28-25-22-19-15-11-7-3/h5-49H2,1-4H3/q+1. The fraction of sp³-hybridized carbons (Fsp3) is 1.00. The van der Waals surface area contributed by atoms with E-state index in [1.54, 1.807) is 0 Å². The lowest BCUT2D eigenvalue weighted by atomic mass is 10.0. The highest BCUT2D eigenvalue weighted by atomic mass is 15.3. The molecule has 302 valence electrons. The maximum Gasteiger partial charge on any atom is 0.0786 e. The molecule has 50 heavy (non-hydrogen) atoms. The number of hydrogen-bond acceptors (Lipinski definition) is 0. The van der Waals surface area contributed by atoms with E-state index in [1.807, 2.05) is 0 Å². The van der Waals surface area contributed by atoms with Crippen molar-refractivity contribution in [3.63, 3.8) is 0 Å². The number of quaternary nitrogens is 1. The number of hydrogen-bond donors (Lipinski definition) is 0. The zero-order valence-electron chi connectivity index (χ0n) is 36.3. The van der Waals surface area contributed by atoms with Gasteiger partial charge in [-0.15, -0.1) is 0 Å². The average molecular weight is 705 g/mol. The van der Waals surface area contributed by atoms with Gasteiger partial charge in [-0.25, -0.2) is 0 Å². The fourth-order valence-electron chi connectivity index (χ4n) is 8.59. The van der Waals surface area contributed by atoms with Crippen molar-refractivity contribution in [2.24, 2.45) is 0 Å². The molecule has 0 aliphatic heterocycles. The molecule has 0 aliphatic carbocycles. The third kappa shape index (κ3) is 37.7. The third-order valence-corrected chi connectivity index (χ3v) is 12.2. The van der Waals surface area contributed by atoms with Crippen LogP contribution in [0, 0.1) is 0 Å². The van der Waals surface area contributed by atoms with Crippen LogP contribution < -0.4 is 0 Å². The molecule has 1 heteroatoms. The maximum absolute atomic E-state index is 2.37. The summed E-state index contributed by atoms with van der Waals surface area (Å²) in [5.74, 6) is 0. The Bertz CT molecular complexity index is 514. The van der Waals surface area contributed by atoms with Gasteiger partial charge in [0.25, 0.3) is 0 Å². The highest BCUT2D eigenvalue weighted by Crippen LogP contribution is 2.22. The normalized spacial score (nSPS) is 12.0. The topological polar surface area (TPSA) is 0 Å². The summed E-state index contributed by atoms with van der Waals surface area (Å²) < 4.78 is 1.49. The van der Waals surface area contributed by atoms with Crippen molar-refractivity contribution in [2.75, 3.05) is 26.2 Å². The Kier molecular flexibility index (Phi) is 43.3. The summed E-state index contributed by atoms with van der Waals surface area (Å²) in [5, 5.41) is 0. The van der Waals surface area contributed by atoms with Gasteiger partial charge in [-0.3, -0.25) is 0 Å². The molecule has 0 aromatic carbocycles. The Morgan fingerprint density at radius 2 is 0.280 bits per heavy atom. The first kappa shape index (κ1) is 50.0. The SMILES string of the molecule is CCCCCCCCCCCCCC[N+](CCCCCCC)(CCCCCCCCCCCCCC)CCCCCCCCCCCCCC. The molecule has 1 nitrogen and oxygen atoms in total. The minimum atomic E-state index is 1.37. The quantitative estimate of drug-likeness (QED) is 0.0437. The maximum atomic E-state index is 2.37. The van der Waals surface area contributed by atoms with Crippen LogP contribution in [0.15, 0.2) is 0 Å². The van der Waals surface area contributed by atoms with Crippen LogP contribution >= 0.6 is 0 Å². The molecule has 0 heterocycles. The van der Waals surface area contributed by atoms with E-state index in [-0.39, 0.29) is 0 Å². The summed E-state index contributed by atoms with van der Waals surface area (Å²) in [5.41, 5.74) is 0. The fourth-order valence-corrected chi connectivity index (χ4v) is 8.59. The van der Waals surface area contributed by atoms with E-state index in [9.17, 15) is 0 Å². The van der Waals surface area contributed by atoms with Crippen LogP contribution in [0.2, 0.25) is 0 Å². The predicted molar refractivity (Wildman–Crippen MR) is 232 cm³/mol. The van der Waals surface area contributed by atoms with Gasteiger partial charge >= 0.3 is 0 Å². The molecule has 0 unspecified atom stereocenters. The van der Waals surface area contributed by atoms with Crippen molar-refractivity contribution in [1.82, 2.24) is 0 Å². The molecular weight excluding hydrogens is 603 g/mol. The van der Waals surface area contributed by atoms with Crippen LogP contribution in [0.4, 0.5) is 0 Å². The third-order valence-electron chi connectivity index (χ3n) is 12.2. The number of rotatable bonds is 45. The molecule has 0 atom stereocenters. The zero-order chi connectivity index (χ0) is 36.3. The Balaban J connectivity index is 4.69. The van der Waals surface area contributed by atoms with Crippen molar-refractivity contribution in [3.05, 3.63) is 0 Å². The lowest BCUT2D eigenvalue weighted by Crippen LogP contribution is -2.50. The Labute approximate surface area is 320 Å². The van der Waals surface area contributed by atoms with Crippen LogP contribution in [-0.2, 0) is 0 Å². The molecule has 0 N–H and O–H groups in total. The van der Waals surface area contributed by atoms with E-state index >= 15 is 0 Å². The van der Waals surface area contributed by atoms with E-state index in [4.69, 9.17) is 0 Å². The lowest BCUT2D eigenvalue weighted by Gasteiger charge is -2.40. The molecule has 0 amide bonds. The molecule has 0 bridgehead atoms. The molecule has 0 aromatic rings. The number of nitrogens with zero attached hydrogens (tertiary/aromatic N) is 1. The van der Waals surface area contributed by atoms with E-state index in [0.717, 1.165) is 0 Å². The summed E-state index contributed by atoms with van der Waals surface area (Å²) in [7, 11) is 0. The molecule has 0 rings (SSSR count). The van der Waals surface area contributed by atoms with Gasteiger partial charge < -0.3 is 4.48 Å². The van der Waals surface area contributed by atoms with Gasteiger partial charge in [-0.05, 0) is 51.4 Å². The van der Waals surface area contributed by atoms with E-state index < -0.39 is 0 Å². The van der Waals surface area contributed by atoms with Crippen molar-refractivity contribution in [2.45, 2.75) is 291 Å². The average Bonchev–Trinajstić information content (AvgIpc) is 3.12. The monoisotopic (exact) mass is 705 g/mol. The summed E-state index contributed by atoms with van der Waals surface area (Å²) in [6.07, 6.45) is 60.2. The summed E-state index contributed by atoms with van der Waals surface area (Å²) in [4.78, 5) is 0. The van der Waals surface area contributed by atoms with Crippen LogP contribution in [0.1, 0.15) is 291 Å². The van der Waals surface area contributed by atoms with E-state index in [1.165, 1.54) is 294 Å². The molecule has 0 spiro atoms. The molecule has 0 radical (unpaired) electrons.